The van der Waals surface area contributed by atoms with Crippen LogP contribution in [0.2, 0.25) is 0 Å². The summed E-state index contributed by atoms with van der Waals surface area (Å²) in [5.41, 5.74) is 6.80. The summed E-state index contributed by atoms with van der Waals surface area (Å²) >= 11 is 0. The van der Waals surface area contributed by atoms with Gasteiger partial charge in [0.05, 0.1) is 17.5 Å². The van der Waals surface area contributed by atoms with E-state index in [1.165, 1.54) is 54.5 Å². The lowest BCUT2D eigenvalue weighted by atomic mass is 9.83. The first kappa shape index (κ1) is 24.9. The maximum Gasteiger partial charge on any atom is 0.180 e. The van der Waals surface area contributed by atoms with Gasteiger partial charge in [-0.25, -0.2) is 14.7 Å². The molecule has 5 rings (SSSR count). The summed E-state index contributed by atoms with van der Waals surface area (Å²) in [7, 11) is -0.752. The summed E-state index contributed by atoms with van der Waals surface area (Å²) < 4.78 is 14.1. The number of nitrogens with zero attached hydrogens (tertiary/aromatic N) is 4. The fraction of sp³-hybridized carbons (Fsp3) is 0.536. The van der Waals surface area contributed by atoms with Crippen LogP contribution in [0.3, 0.4) is 0 Å². The van der Waals surface area contributed by atoms with Crippen molar-refractivity contribution in [3.8, 4) is 22.5 Å². The van der Waals surface area contributed by atoms with Crippen molar-refractivity contribution in [1.29, 1.82) is 0 Å². The highest BCUT2D eigenvalue weighted by Crippen LogP contribution is 2.39. The molecule has 0 bridgehead atoms. The third-order valence-electron chi connectivity index (χ3n) is 8.10. The van der Waals surface area contributed by atoms with Crippen LogP contribution in [0.15, 0.2) is 36.7 Å². The molecule has 192 valence electrons. The molecule has 1 aliphatic rings. The molecule has 3 aromatic heterocycles. The quantitative estimate of drug-likeness (QED) is 0.254. The average Bonchev–Trinajstić information content (AvgIpc) is 3.29. The second-order valence-electron chi connectivity index (χ2n) is 10.2. The minimum absolute atomic E-state index is 0.296. The Morgan fingerprint density at radius 3 is 2.39 bits per heavy atom. The van der Waals surface area contributed by atoms with Gasteiger partial charge in [-0.1, -0.05) is 57.4 Å². The van der Waals surface area contributed by atoms with Crippen molar-refractivity contribution in [3.63, 3.8) is 0 Å². The number of fused-ring (bicyclic) bond motifs is 1. The maximum absolute atomic E-state index is 12.0. The molecule has 36 heavy (non-hydrogen) atoms. The number of aromatic nitrogens is 6. The monoisotopic (exact) mass is 506 g/mol. The van der Waals surface area contributed by atoms with Gasteiger partial charge < -0.3 is 0 Å². The van der Waals surface area contributed by atoms with E-state index in [0.29, 0.717) is 17.1 Å². The van der Waals surface area contributed by atoms with E-state index in [-0.39, 0.29) is 0 Å². The van der Waals surface area contributed by atoms with Gasteiger partial charge in [-0.2, -0.15) is 5.10 Å². The molecule has 4 aromatic rings. The van der Waals surface area contributed by atoms with E-state index in [2.05, 4.69) is 58.0 Å². The van der Waals surface area contributed by atoms with Crippen LogP contribution in [-0.4, -0.2) is 45.7 Å². The van der Waals surface area contributed by atoms with Crippen molar-refractivity contribution in [2.75, 3.05) is 6.26 Å². The zero-order valence-electron chi connectivity index (χ0n) is 21.7. The average molecular weight is 507 g/mol. The molecule has 3 atom stereocenters. The van der Waals surface area contributed by atoms with Gasteiger partial charge in [0.25, 0.3) is 0 Å². The molecule has 0 saturated heterocycles. The van der Waals surface area contributed by atoms with Gasteiger partial charge in [-0.15, -0.1) is 5.10 Å². The fourth-order valence-electron chi connectivity index (χ4n) is 5.88. The second kappa shape index (κ2) is 11.1. The molecule has 1 saturated carbocycles. The molecule has 1 fully saturated rings. The molecule has 3 unspecified atom stereocenters. The maximum atomic E-state index is 12.0. The molecular weight excluding hydrogens is 468 g/mol. The summed E-state index contributed by atoms with van der Waals surface area (Å²) in [6.07, 6.45) is 16.1. The molecule has 0 amide bonds. The van der Waals surface area contributed by atoms with Crippen LogP contribution in [0.4, 0.5) is 0 Å². The van der Waals surface area contributed by atoms with Crippen molar-refractivity contribution < 1.29 is 4.21 Å². The Bertz CT molecular complexity index is 1290. The third-order valence-corrected chi connectivity index (χ3v) is 9.61. The summed E-state index contributed by atoms with van der Waals surface area (Å²) in [5, 5.41) is 15.0. The lowest BCUT2D eigenvalue weighted by Crippen LogP contribution is -2.14. The Labute approximate surface area is 215 Å². The number of nitrogens with one attached hydrogen (secondary N) is 2. The molecule has 1 aliphatic carbocycles. The highest BCUT2D eigenvalue weighted by atomic mass is 32.2. The molecule has 8 heteroatoms. The van der Waals surface area contributed by atoms with Crippen molar-refractivity contribution in [2.45, 2.75) is 88.7 Å². The zero-order chi connectivity index (χ0) is 25.1. The first-order chi connectivity index (χ1) is 17.6. The largest absolute Gasteiger partial charge is 0.266 e. The van der Waals surface area contributed by atoms with Gasteiger partial charge >= 0.3 is 0 Å². The highest BCUT2D eigenvalue weighted by molar-refractivity contribution is 7.84. The van der Waals surface area contributed by atoms with E-state index in [4.69, 9.17) is 10.1 Å². The van der Waals surface area contributed by atoms with E-state index in [0.717, 1.165) is 42.7 Å². The standard InChI is InChI=1S/C28H38N6OS/c1-4-19(15-16-23(5-2)36(3)35)20-11-13-21(14-12-20)24-17-29-28-25(27-31-33-32-27)18-30-34(28)26(24)22-9-7-6-8-10-22/h11-14,17-19,22-23,33H,4-10,15-16H2,1-3H3,(H,31,32). The minimum atomic E-state index is -0.752. The van der Waals surface area contributed by atoms with Crippen LogP contribution < -0.4 is 0 Å². The second-order valence-corrected chi connectivity index (χ2v) is 11.9. The van der Waals surface area contributed by atoms with Crippen molar-refractivity contribution >= 4 is 16.4 Å². The Kier molecular flexibility index (Phi) is 7.70. The van der Waals surface area contributed by atoms with E-state index >= 15 is 0 Å². The molecular formula is C28H38N6OS. The molecule has 1 aromatic carbocycles. The fourth-order valence-corrected chi connectivity index (χ4v) is 6.82. The van der Waals surface area contributed by atoms with Gasteiger partial charge in [0.15, 0.2) is 11.5 Å². The predicted octanol–water partition coefficient (Wildman–Crippen LogP) is 6.59. The third kappa shape index (κ3) is 4.92. The SMILES string of the molecule is CCC(CCC(CC)S(C)=O)c1ccc(-c2cnc3c(-c4n[nH][nH]4)cnn3c2C2CCCCC2)cc1. The van der Waals surface area contributed by atoms with Crippen LogP contribution >= 0.6 is 0 Å². The predicted molar refractivity (Wildman–Crippen MR) is 147 cm³/mol. The smallest absolute Gasteiger partial charge is 0.180 e. The van der Waals surface area contributed by atoms with Crippen LogP contribution in [-0.2, 0) is 10.8 Å². The summed E-state index contributed by atoms with van der Waals surface area (Å²) in [5.74, 6) is 1.76. The molecule has 0 radical (unpaired) electrons. The number of hydrogen-bond donors (Lipinski definition) is 2. The number of benzene rings is 1. The van der Waals surface area contributed by atoms with Gasteiger partial charge in [-0.05, 0) is 55.6 Å². The van der Waals surface area contributed by atoms with E-state index in [1.54, 1.807) is 0 Å². The van der Waals surface area contributed by atoms with Crippen molar-refractivity contribution in [2.24, 2.45) is 0 Å². The Morgan fingerprint density at radius 1 is 1.03 bits per heavy atom. The lowest BCUT2D eigenvalue weighted by molar-refractivity contribution is 0.431. The first-order valence-corrected chi connectivity index (χ1v) is 15.1. The minimum Gasteiger partial charge on any atom is -0.266 e. The number of hydrogen-bond acceptors (Lipinski definition) is 4. The van der Waals surface area contributed by atoms with Gasteiger partial charge in [0, 0.05) is 40.0 Å². The van der Waals surface area contributed by atoms with Crippen LogP contribution in [0.5, 0.6) is 0 Å². The van der Waals surface area contributed by atoms with Gasteiger partial charge in [-0.3, -0.25) is 9.31 Å². The van der Waals surface area contributed by atoms with Crippen LogP contribution in [0.25, 0.3) is 28.2 Å². The van der Waals surface area contributed by atoms with Crippen molar-refractivity contribution in [3.05, 3.63) is 47.9 Å². The number of rotatable bonds is 10. The summed E-state index contributed by atoms with van der Waals surface area (Å²) in [4.78, 5) is 4.85. The Balaban J connectivity index is 1.47. The normalized spacial score (nSPS) is 17.4. The van der Waals surface area contributed by atoms with Crippen LogP contribution in [0.1, 0.15) is 94.7 Å². The number of H-pyrrole nitrogens is 2. The van der Waals surface area contributed by atoms with Gasteiger partial charge in [0.2, 0.25) is 0 Å². The molecule has 0 spiro atoms. The number of aromatic amines is 2. The summed E-state index contributed by atoms with van der Waals surface area (Å²) in [6, 6.07) is 9.09. The Morgan fingerprint density at radius 2 is 1.78 bits per heavy atom. The Hall–Kier alpha value is -2.74. The van der Waals surface area contributed by atoms with Crippen LogP contribution in [0, 0.1) is 0 Å². The first-order valence-electron chi connectivity index (χ1n) is 13.5. The molecule has 3 heterocycles. The van der Waals surface area contributed by atoms with E-state index in [1.807, 2.05) is 18.6 Å². The van der Waals surface area contributed by atoms with Gasteiger partial charge in [0.1, 0.15) is 0 Å². The molecule has 7 nitrogen and oxygen atoms in total. The topological polar surface area (TPSA) is 91.7 Å². The molecule has 0 aliphatic heterocycles. The molecule has 2 N–H and O–H groups in total. The lowest BCUT2D eigenvalue weighted by Gasteiger charge is -2.25. The van der Waals surface area contributed by atoms with E-state index in [9.17, 15) is 4.21 Å². The highest BCUT2D eigenvalue weighted by Gasteiger charge is 2.25. The van der Waals surface area contributed by atoms with Crippen molar-refractivity contribution in [1.82, 2.24) is 30.0 Å². The summed E-state index contributed by atoms with van der Waals surface area (Å²) in [6.45, 7) is 4.40. The zero-order valence-corrected chi connectivity index (χ0v) is 22.5. The van der Waals surface area contributed by atoms with E-state index < -0.39 is 10.8 Å².